The number of benzene rings is 1. The first-order valence-corrected chi connectivity index (χ1v) is 6.69. The Morgan fingerprint density at radius 2 is 1.95 bits per heavy atom. The van der Waals surface area contributed by atoms with Gasteiger partial charge in [-0.25, -0.2) is 0 Å². The first-order valence-electron chi connectivity index (χ1n) is 6.69. The van der Waals surface area contributed by atoms with Gasteiger partial charge in [0.15, 0.2) is 0 Å². The molecule has 5 nitrogen and oxygen atoms in total. The van der Waals surface area contributed by atoms with Crippen LogP contribution >= 0.6 is 0 Å². The Morgan fingerprint density at radius 3 is 2.57 bits per heavy atom. The molecule has 0 aliphatic rings. The summed E-state index contributed by atoms with van der Waals surface area (Å²) in [6.07, 6.45) is 1.76. The molecule has 112 valence electrons. The molecule has 0 radical (unpaired) electrons. The average Bonchev–Trinajstić information content (AvgIpc) is 2.49. The number of pyridine rings is 1. The largest absolute Gasteiger partial charge is 0.497 e. The van der Waals surface area contributed by atoms with E-state index in [1.54, 1.807) is 37.1 Å². The molecule has 2 N–H and O–H groups in total. The molecular formula is C16H20N2O3. The average molecular weight is 288 g/mol. The minimum atomic E-state index is -0.341. The van der Waals surface area contributed by atoms with E-state index in [4.69, 9.17) is 15.2 Å². The molecule has 0 bridgehead atoms. The summed E-state index contributed by atoms with van der Waals surface area (Å²) in [6, 6.07) is 8.62. The van der Waals surface area contributed by atoms with Gasteiger partial charge in [0.05, 0.1) is 20.3 Å². The van der Waals surface area contributed by atoms with Gasteiger partial charge in [0, 0.05) is 30.4 Å². The predicted octanol–water partition coefficient (Wildman–Crippen LogP) is 1.87. The molecule has 0 spiro atoms. The second-order valence-corrected chi connectivity index (χ2v) is 4.91. The molecular weight excluding hydrogens is 268 g/mol. The van der Waals surface area contributed by atoms with Gasteiger partial charge in [-0.05, 0) is 24.6 Å². The lowest BCUT2D eigenvalue weighted by molar-refractivity contribution is 0.386. The minimum absolute atomic E-state index is 0.0575. The van der Waals surface area contributed by atoms with Gasteiger partial charge in [-0.1, -0.05) is 6.07 Å². The molecule has 0 saturated heterocycles. The van der Waals surface area contributed by atoms with Crippen LogP contribution in [0.15, 0.2) is 41.3 Å². The van der Waals surface area contributed by atoms with Crippen LogP contribution < -0.4 is 20.8 Å². The Kier molecular flexibility index (Phi) is 4.65. The lowest BCUT2D eigenvalue weighted by Gasteiger charge is -2.17. The Morgan fingerprint density at radius 1 is 1.19 bits per heavy atom. The van der Waals surface area contributed by atoms with E-state index in [0.29, 0.717) is 18.0 Å². The summed E-state index contributed by atoms with van der Waals surface area (Å²) in [5.41, 5.74) is 7.94. The molecule has 1 heterocycles. The van der Waals surface area contributed by atoms with Crippen LogP contribution in [0.3, 0.4) is 0 Å². The molecule has 1 aromatic carbocycles. The van der Waals surface area contributed by atoms with Crippen molar-refractivity contribution in [2.75, 3.05) is 14.2 Å². The number of aryl methyl sites for hydroxylation is 1. The maximum atomic E-state index is 11.9. The van der Waals surface area contributed by atoms with Crippen molar-refractivity contribution in [2.24, 2.45) is 5.73 Å². The van der Waals surface area contributed by atoms with Crippen LogP contribution in [-0.4, -0.2) is 18.8 Å². The number of hydrogen-bond donors (Lipinski definition) is 1. The zero-order valence-corrected chi connectivity index (χ0v) is 12.5. The Labute approximate surface area is 123 Å². The maximum absolute atomic E-state index is 11.9. The van der Waals surface area contributed by atoms with Crippen molar-refractivity contribution in [1.29, 1.82) is 0 Å². The van der Waals surface area contributed by atoms with Crippen LogP contribution in [0.2, 0.25) is 0 Å². The molecule has 0 saturated carbocycles. The summed E-state index contributed by atoms with van der Waals surface area (Å²) < 4.78 is 12.1. The van der Waals surface area contributed by atoms with E-state index in [2.05, 4.69) is 0 Å². The monoisotopic (exact) mass is 288 g/mol. The second kappa shape index (κ2) is 6.45. The van der Waals surface area contributed by atoms with Gasteiger partial charge in [0.2, 0.25) is 0 Å². The van der Waals surface area contributed by atoms with Gasteiger partial charge in [-0.2, -0.15) is 0 Å². The van der Waals surface area contributed by atoms with Crippen LogP contribution in [0.25, 0.3) is 0 Å². The smallest absolute Gasteiger partial charge is 0.250 e. The van der Waals surface area contributed by atoms with Crippen molar-refractivity contribution in [3.63, 3.8) is 0 Å². The van der Waals surface area contributed by atoms with E-state index in [0.717, 1.165) is 11.1 Å². The highest BCUT2D eigenvalue weighted by molar-refractivity contribution is 5.42. The van der Waals surface area contributed by atoms with E-state index >= 15 is 0 Å². The molecule has 1 atom stereocenters. The van der Waals surface area contributed by atoms with Gasteiger partial charge in [0.1, 0.15) is 11.5 Å². The van der Waals surface area contributed by atoms with Gasteiger partial charge < -0.3 is 19.8 Å². The minimum Gasteiger partial charge on any atom is -0.497 e. The van der Waals surface area contributed by atoms with E-state index in [-0.39, 0.29) is 11.6 Å². The Hall–Kier alpha value is -2.27. The molecule has 2 rings (SSSR count). The van der Waals surface area contributed by atoms with Gasteiger partial charge in [-0.3, -0.25) is 4.79 Å². The van der Waals surface area contributed by atoms with Crippen LogP contribution in [0.5, 0.6) is 11.5 Å². The van der Waals surface area contributed by atoms with E-state index in [9.17, 15) is 4.79 Å². The normalized spacial score (nSPS) is 12.0. The topological polar surface area (TPSA) is 66.5 Å². The number of methoxy groups -OCH3 is 2. The van der Waals surface area contributed by atoms with E-state index in [1.807, 2.05) is 25.1 Å². The SMILES string of the molecule is COc1ccc(C(N)Cn2ccc(C)cc2=O)c(OC)c1. The molecule has 1 unspecified atom stereocenters. The lowest BCUT2D eigenvalue weighted by Crippen LogP contribution is -2.26. The molecule has 21 heavy (non-hydrogen) atoms. The fourth-order valence-electron chi connectivity index (χ4n) is 2.19. The fourth-order valence-corrected chi connectivity index (χ4v) is 2.19. The molecule has 0 aliphatic carbocycles. The number of hydrogen-bond acceptors (Lipinski definition) is 4. The lowest BCUT2D eigenvalue weighted by atomic mass is 10.1. The second-order valence-electron chi connectivity index (χ2n) is 4.91. The molecule has 0 aliphatic heterocycles. The highest BCUT2D eigenvalue weighted by Crippen LogP contribution is 2.28. The zero-order valence-electron chi connectivity index (χ0n) is 12.5. The molecule has 0 fully saturated rings. The summed E-state index contributed by atoms with van der Waals surface area (Å²) in [4.78, 5) is 11.9. The van der Waals surface area contributed by atoms with Gasteiger partial charge in [0.25, 0.3) is 5.56 Å². The van der Waals surface area contributed by atoms with Crippen LogP contribution in [0.1, 0.15) is 17.2 Å². The Balaban J connectivity index is 2.27. The number of aromatic nitrogens is 1. The van der Waals surface area contributed by atoms with Crippen molar-refractivity contribution in [3.8, 4) is 11.5 Å². The third-order valence-corrected chi connectivity index (χ3v) is 3.39. The summed E-state index contributed by atoms with van der Waals surface area (Å²) in [7, 11) is 3.18. The molecule has 2 aromatic rings. The standard InChI is InChI=1S/C16H20N2O3/c1-11-6-7-18(16(19)8-11)10-14(17)13-5-4-12(20-2)9-15(13)21-3/h4-9,14H,10,17H2,1-3H3. The highest BCUT2D eigenvalue weighted by Gasteiger charge is 2.14. The van der Waals surface area contributed by atoms with Crippen molar-refractivity contribution < 1.29 is 9.47 Å². The Bertz CT molecular complexity index is 679. The third kappa shape index (κ3) is 3.44. The van der Waals surface area contributed by atoms with Crippen LogP contribution in [0, 0.1) is 6.92 Å². The number of rotatable bonds is 5. The molecule has 5 heteroatoms. The predicted molar refractivity (Wildman–Crippen MR) is 81.9 cm³/mol. The first-order chi connectivity index (χ1) is 10.0. The van der Waals surface area contributed by atoms with Crippen LogP contribution in [0.4, 0.5) is 0 Å². The fraction of sp³-hybridized carbons (Fsp3) is 0.312. The third-order valence-electron chi connectivity index (χ3n) is 3.39. The summed E-state index contributed by atoms with van der Waals surface area (Å²) in [5, 5.41) is 0. The van der Waals surface area contributed by atoms with Crippen molar-refractivity contribution in [1.82, 2.24) is 4.57 Å². The summed E-state index contributed by atoms with van der Waals surface area (Å²) >= 11 is 0. The van der Waals surface area contributed by atoms with E-state index in [1.165, 1.54) is 0 Å². The quantitative estimate of drug-likeness (QED) is 0.912. The zero-order chi connectivity index (χ0) is 15.4. The van der Waals surface area contributed by atoms with Gasteiger partial charge >= 0.3 is 0 Å². The molecule has 1 aromatic heterocycles. The number of ether oxygens (including phenoxy) is 2. The number of nitrogens with zero attached hydrogens (tertiary/aromatic N) is 1. The summed E-state index contributed by atoms with van der Waals surface area (Å²) in [6.45, 7) is 2.28. The van der Waals surface area contributed by atoms with Crippen molar-refractivity contribution in [2.45, 2.75) is 19.5 Å². The summed E-state index contributed by atoms with van der Waals surface area (Å²) in [5.74, 6) is 1.36. The van der Waals surface area contributed by atoms with Crippen molar-refractivity contribution >= 4 is 0 Å². The van der Waals surface area contributed by atoms with Crippen LogP contribution in [-0.2, 0) is 6.54 Å². The molecule has 0 amide bonds. The van der Waals surface area contributed by atoms with Crippen molar-refractivity contribution in [3.05, 3.63) is 58.0 Å². The number of nitrogens with two attached hydrogens (primary N) is 1. The first kappa shape index (κ1) is 15.1. The van der Waals surface area contributed by atoms with E-state index < -0.39 is 0 Å². The van der Waals surface area contributed by atoms with Gasteiger partial charge in [-0.15, -0.1) is 0 Å². The highest BCUT2D eigenvalue weighted by atomic mass is 16.5. The maximum Gasteiger partial charge on any atom is 0.250 e.